The zero-order valence-corrected chi connectivity index (χ0v) is 18.1. The molecule has 0 radical (unpaired) electrons. The lowest BCUT2D eigenvalue weighted by Gasteiger charge is -2.10. The highest BCUT2D eigenvalue weighted by Gasteiger charge is 2.14. The number of anilines is 1. The average molecular weight is 441 g/mol. The Labute approximate surface area is 181 Å². The first-order chi connectivity index (χ1) is 14.8. The van der Waals surface area contributed by atoms with Gasteiger partial charge in [-0.25, -0.2) is 13.1 Å². The van der Waals surface area contributed by atoms with Crippen LogP contribution in [0, 0.1) is 0 Å². The second-order valence-corrected chi connectivity index (χ2v) is 8.75. The van der Waals surface area contributed by atoms with Crippen LogP contribution in [-0.4, -0.2) is 20.4 Å². The number of ether oxygens (including phenoxy) is 1. The van der Waals surface area contributed by atoms with Crippen molar-refractivity contribution in [3.63, 3.8) is 0 Å². The number of benzene rings is 2. The Hall–Kier alpha value is -3.36. The fourth-order valence-corrected chi connectivity index (χ4v) is 3.66. The molecule has 8 heteroatoms. The quantitative estimate of drug-likeness (QED) is 0.486. The zero-order chi connectivity index (χ0) is 22.3. The molecule has 1 aromatic heterocycles. The molecule has 0 unspecified atom stereocenters. The predicted molar refractivity (Wildman–Crippen MR) is 119 cm³/mol. The number of carbonyl (C=O) groups is 1. The number of sulfonamides is 1. The Morgan fingerprint density at radius 1 is 1.06 bits per heavy atom. The lowest BCUT2D eigenvalue weighted by Crippen LogP contribution is -2.22. The van der Waals surface area contributed by atoms with Crippen molar-refractivity contribution in [3.8, 4) is 5.75 Å². The molecule has 1 heterocycles. The Balaban J connectivity index is 1.55. The van der Waals surface area contributed by atoms with E-state index in [1.807, 2.05) is 13.8 Å². The highest BCUT2D eigenvalue weighted by atomic mass is 32.2. The van der Waals surface area contributed by atoms with Gasteiger partial charge in [0.1, 0.15) is 11.5 Å². The minimum Gasteiger partial charge on any atom is -0.491 e. The van der Waals surface area contributed by atoms with Crippen LogP contribution in [0.4, 0.5) is 5.69 Å². The summed E-state index contributed by atoms with van der Waals surface area (Å²) in [6.45, 7) is 3.96. The van der Waals surface area contributed by atoms with Crippen LogP contribution in [0.15, 0.2) is 82.3 Å². The minimum atomic E-state index is -3.66. The van der Waals surface area contributed by atoms with Gasteiger partial charge in [0.2, 0.25) is 15.9 Å². The number of rotatable bonds is 9. The molecule has 162 valence electrons. The number of nitrogens with one attached hydrogen (secondary N) is 2. The average Bonchev–Trinajstić information content (AvgIpc) is 3.26. The predicted octanol–water partition coefficient (Wildman–Crippen LogP) is 4.20. The van der Waals surface area contributed by atoms with Gasteiger partial charge in [-0.3, -0.25) is 4.79 Å². The van der Waals surface area contributed by atoms with Crippen LogP contribution in [0.3, 0.4) is 0 Å². The Morgan fingerprint density at radius 3 is 2.39 bits per heavy atom. The van der Waals surface area contributed by atoms with E-state index in [-0.39, 0.29) is 23.5 Å². The van der Waals surface area contributed by atoms with Crippen LogP contribution < -0.4 is 14.8 Å². The molecular formula is C23H24N2O5S. The van der Waals surface area contributed by atoms with Gasteiger partial charge in [-0.15, -0.1) is 0 Å². The van der Waals surface area contributed by atoms with Crippen LogP contribution in [-0.2, 0) is 21.4 Å². The number of hydrogen-bond donors (Lipinski definition) is 2. The first-order valence-electron chi connectivity index (χ1n) is 9.70. The molecular weight excluding hydrogens is 416 g/mol. The van der Waals surface area contributed by atoms with E-state index in [4.69, 9.17) is 9.15 Å². The van der Waals surface area contributed by atoms with Crippen LogP contribution >= 0.6 is 0 Å². The molecule has 3 aromatic rings. The molecule has 0 aliphatic rings. The van der Waals surface area contributed by atoms with Crippen molar-refractivity contribution in [1.29, 1.82) is 0 Å². The second kappa shape index (κ2) is 10.1. The van der Waals surface area contributed by atoms with E-state index in [0.717, 1.165) is 5.75 Å². The summed E-state index contributed by atoms with van der Waals surface area (Å²) in [5, 5.41) is 2.76. The van der Waals surface area contributed by atoms with Crippen molar-refractivity contribution in [2.75, 3.05) is 5.32 Å². The maximum absolute atomic E-state index is 12.3. The molecule has 0 bridgehead atoms. The van der Waals surface area contributed by atoms with Gasteiger partial charge in [-0.05, 0) is 74.0 Å². The van der Waals surface area contributed by atoms with Crippen molar-refractivity contribution >= 4 is 27.7 Å². The second-order valence-electron chi connectivity index (χ2n) is 6.99. The summed E-state index contributed by atoms with van der Waals surface area (Å²) in [5.74, 6) is 0.961. The molecule has 7 nitrogen and oxygen atoms in total. The van der Waals surface area contributed by atoms with Crippen molar-refractivity contribution in [2.45, 2.75) is 31.4 Å². The summed E-state index contributed by atoms with van der Waals surface area (Å²) in [6.07, 6.45) is 4.56. The first-order valence-corrected chi connectivity index (χ1v) is 11.2. The van der Waals surface area contributed by atoms with Gasteiger partial charge in [-0.2, -0.15) is 0 Å². The van der Waals surface area contributed by atoms with Crippen LogP contribution in [0.5, 0.6) is 5.75 Å². The third kappa shape index (κ3) is 6.84. The molecule has 0 saturated carbocycles. The Kier molecular flexibility index (Phi) is 7.28. The maximum atomic E-state index is 12.3. The maximum Gasteiger partial charge on any atom is 0.248 e. The van der Waals surface area contributed by atoms with Crippen LogP contribution in [0.1, 0.15) is 25.2 Å². The van der Waals surface area contributed by atoms with E-state index in [1.54, 1.807) is 54.6 Å². The lowest BCUT2D eigenvalue weighted by molar-refractivity contribution is -0.111. The van der Waals surface area contributed by atoms with Gasteiger partial charge in [0, 0.05) is 11.8 Å². The first kappa shape index (κ1) is 22.3. The monoisotopic (exact) mass is 440 g/mol. The molecule has 2 N–H and O–H groups in total. The van der Waals surface area contributed by atoms with Gasteiger partial charge in [-0.1, -0.05) is 12.1 Å². The molecule has 0 atom stereocenters. The van der Waals surface area contributed by atoms with E-state index in [2.05, 4.69) is 10.0 Å². The van der Waals surface area contributed by atoms with E-state index < -0.39 is 10.0 Å². The molecule has 0 aliphatic heterocycles. The molecule has 0 saturated heterocycles. The molecule has 0 aliphatic carbocycles. The summed E-state index contributed by atoms with van der Waals surface area (Å²) in [6, 6.07) is 16.7. The molecule has 0 fully saturated rings. The zero-order valence-electron chi connectivity index (χ0n) is 17.2. The summed E-state index contributed by atoms with van der Waals surface area (Å²) >= 11 is 0. The highest BCUT2D eigenvalue weighted by Crippen LogP contribution is 2.17. The smallest absolute Gasteiger partial charge is 0.248 e. The van der Waals surface area contributed by atoms with E-state index in [1.165, 1.54) is 24.5 Å². The summed E-state index contributed by atoms with van der Waals surface area (Å²) in [7, 11) is -3.66. The summed E-state index contributed by atoms with van der Waals surface area (Å²) < 4.78 is 37.9. The van der Waals surface area contributed by atoms with E-state index >= 15 is 0 Å². The Morgan fingerprint density at radius 2 is 1.77 bits per heavy atom. The van der Waals surface area contributed by atoms with Crippen molar-refractivity contribution < 1.29 is 22.4 Å². The topological polar surface area (TPSA) is 97.6 Å². The molecule has 2 aromatic carbocycles. The minimum absolute atomic E-state index is 0.0712. The van der Waals surface area contributed by atoms with Crippen LogP contribution in [0.25, 0.3) is 6.08 Å². The molecule has 3 rings (SSSR count). The third-order valence-electron chi connectivity index (χ3n) is 4.13. The number of furan rings is 1. The van der Waals surface area contributed by atoms with Gasteiger partial charge in [0.15, 0.2) is 0 Å². The van der Waals surface area contributed by atoms with E-state index in [9.17, 15) is 13.2 Å². The third-order valence-corrected chi connectivity index (χ3v) is 5.54. The van der Waals surface area contributed by atoms with Gasteiger partial charge in [0.05, 0.1) is 23.8 Å². The summed E-state index contributed by atoms with van der Waals surface area (Å²) in [4.78, 5) is 12.3. The van der Waals surface area contributed by atoms with Crippen LogP contribution in [0.2, 0.25) is 0 Å². The fourth-order valence-electron chi connectivity index (χ4n) is 2.67. The molecule has 1 amide bonds. The largest absolute Gasteiger partial charge is 0.491 e. The highest BCUT2D eigenvalue weighted by molar-refractivity contribution is 7.89. The molecule has 31 heavy (non-hydrogen) atoms. The molecule has 0 spiro atoms. The number of amides is 1. The van der Waals surface area contributed by atoms with Gasteiger partial charge < -0.3 is 14.5 Å². The van der Waals surface area contributed by atoms with Crippen molar-refractivity contribution in [2.24, 2.45) is 0 Å². The van der Waals surface area contributed by atoms with Crippen molar-refractivity contribution in [3.05, 3.63) is 84.3 Å². The SMILES string of the molecule is CC(C)Oc1ccc(NC(=O)/C=C/c2ccc(S(=O)(=O)NCc3ccco3)cc2)cc1. The van der Waals surface area contributed by atoms with Gasteiger partial charge in [0.25, 0.3) is 0 Å². The van der Waals surface area contributed by atoms with Gasteiger partial charge >= 0.3 is 0 Å². The number of hydrogen-bond acceptors (Lipinski definition) is 5. The standard InChI is InChI=1S/C23H24N2O5S/c1-17(2)30-20-10-8-19(9-11-20)25-23(26)14-7-18-5-12-22(13-6-18)31(27,28)24-16-21-4-3-15-29-21/h3-15,17,24H,16H2,1-2H3,(H,25,26)/b14-7+. The number of carbonyl (C=O) groups excluding carboxylic acids is 1. The Bertz CT molecular complexity index is 1120. The lowest BCUT2D eigenvalue weighted by atomic mass is 10.2. The normalized spacial score (nSPS) is 11.7. The summed E-state index contributed by atoms with van der Waals surface area (Å²) in [5.41, 5.74) is 1.34. The van der Waals surface area contributed by atoms with E-state index in [0.29, 0.717) is 17.0 Å². The fraction of sp³-hybridized carbons (Fsp3) is 0.174. The van der Waals surface area contributed by atoms with Crippen molar-refractivity contribution in [1.82, 2.24) is 4.72 Å².